The minimum atomic E-state index is -0.299. The lowest BCUT2D eigenvalue weighted by molar-refractivity contribution is 0.519. The zero-order chi connectivity index (χ0) is 21.3. The second-order valence-corrected chi connectivity index (χ2v) is 6.13. The molecule has 0 aliphatic carbocycles. The first-order chi connectivity index (χ1) is 14.6. The van der Waals surface area contributed by atoms with E-state index in [4.69, 9.17) is 21.1 Å². The van der Waals surface area contributed by atoms with Gasteiger partial charge in [0.15, 0.2) is 0 Å². The minimum Gasteiger partial charge on any atom is -0.441 e. The molecule has 0 saturated carbocycles. The Labute approximate surface area is 171 Å². The highest BCUT2D eigenvalue weighted by molar-refractivity contribution is 5.53. The lowest BCUT2D eigenvalue weighted by Crippen LogP contribution is -2.01. The molecule has 152 valence electrons. The van der Waals surface area contributed by atoms with Crippen molar-refractivity contribution >= 4 is 0 Å². The van der Waals surface area contributed by atoms with Crippen molar-refractivity contribution in [2.75, 3.05) is 6.54 Å². The van der Waals surface area contributed by atoms with E-state index < -0.39 is 0 Å². The van der Waals surface area contributed by atoms with Crippen LogP contribution < -0.4 is 5.73 Å². The van der Waals surface area contributed by atoms with Gasteiger partial charge in [-0.15, -0.1) is 0 Å². The Morgan fingerprint density at radius 2 is 1.27 bits per heavy atom. The van der Waals surface area contributed by atoms with Crippen molar-refractivity contribution < 1.29 is 17.6 Å². The van der Waals surface area contributed by atoms with Crippen molar-refractivity contribution in [3.05, 3.63) is 95.5 Å². The van der Waals surface area contributed by atoms with Crippen molar-refractivity contribution in [1.29, 1.82) is 0 Å². The van der Waals surface area contributed by atoms with Gasteiger partial charge in [0.1, 0.15) is 17.4 Å². The van der Waals surface area contributed by atoms with Crippen molar-refractivity contribution in [2.45, 2.75) is 13.0 Å². The minimum absolute atomic E-state index is 0.175. The molecule has 4 aromatic rings. The van der Waals surface area contributed by atoms with Gasteiger partial charge in [0.25, 0.3) is 6.54 Å². The van der Waals surface area contributed by atoms with E-state index in [-0.39, 0.29) is 18.2 Å². The highest BCUT2D eigenvalue weighted by Crippen LogP contribution is 2.20. The predicted molar refractivity (Wildman–Crippen MR) is 107 cm³/mol. The molecule has 6 nitrogen and oxygen atoms in total. The molecule has 8 heteroatoms. The van der Waals surface area contributed by atoms with Gasteiger partial charge in [-0.3, -0.25) is 0 Å². The standard InChI is InChI=1S/C11H7FN2O.C11H11FN2O/c1-13-6-10-7-14-11(15-10)8-2-4-9(12)5-3-8;12-9-3-1-8(2-4-9)11-14-7-10(15-11)5-6-13/h2-5,7H,6H2;1-4,7H,5-6,13H2. The summed E-state index contributed by atoms with van der Waals surface area (Å²) in [6.07, 6.45) is 3.82. The zero-order valence-electron chi connectivity index (χ0n) is 15.9. The molecule has 2 heterocycles. The van der Waals surface area contributed by atoms with E-state index in [1.807, 2.05) is 0 Å². The average molecular weight is 408 g/mol. The molecule has 2 aromatic carbocycles. The molecule has 0 bridgehead atoms. The molecule has 2 N–H and O–H groups in total. The van der Waals surface area contributed by atoms with Crippen LogP contribution in [0.25, 0.3) is 27.8 Å². The molecule has 0 fully saturated rings. The molecule has 0 amide bonds. The van der Waals surface area contributed by atoms with E-state index in [1.54, 1.807) is 30.5 Å². The van der Waals surface area contributed by atoms with E-state index >= 15 is 0 Å². The van der Waals surface area contributed by atoms with Crippen molar-refractivity contribution in [3.63, 3.8) is 0 Å². The number of hydrogen-bond acceptors (Lipinski definition) is 5. The van der Waals surface area contributed by atoms with Crippen LogP contribution in [0.5, 0.6) is 0 Å². The topological polar surface area (TPSA) is 82.4 Å². The summed E-state index contributed by atoms with van der Waals surface area (Å²) in [5.41, 5.74) is 6.86. The maximum Gasteiger partial charge on any atom is 0.273 e. The van der Waals surface area contributed by atoms with Gasteiger partial charge in [0.2, 0.25) is 17.5 Å². The van der Waals surface area contributed by atoms with Crippen LogP contribution in [0.2, 0.25) is 0 Å². The largest absolute Gasteiger partial charge is 0.441 e. The molecule has 0 aliphatic heterocycles. The molecule has 2 aromatic heterocycles. The third-order valence-electron chi connectivity index (χ3n) is 3.92. The fraction of sp³-hybridized carbons (Fsp3) is 0.136. The maximum absolute atomic E-state index is 12.7. The number of benzene rings is 2. The lowest BCUT2D eigenvalue weighted by Gasteiger charge is -1.94. The fourth-order valence-corrected chi connectivity index (χ4v) is 2.48. The highest BCUT2D eigenvalue weighted by Gasteiger charge is 2.08. The summed E-state index contributed by atoms with van der Waals surface area (Å²) in [4.78, 5) is 11.3. The molecule has 0 atom stereocenters. The first-order valence-corrected chi connectivity index (χ1v) is 9.03. The fourth-order valence-electron chi connectivity index (χ4n) is 2.48. The number of oxazole rings is 2. The van der Waals surface area contributed by atoms with Crippen molar-refractivity contribution in [1.82, 2.24) is 9.97 Å². The van der Waals surface area contributed by atoms with Gasteiger partial charge < -0.3 is 19.4 Å². The maximum atomic E-state index is 12.7. The first-order valence-electron chi connectivity index (χ1n) is 9.03. The average Bonchev–Trinajstić information content (AvgIpc) is 3.40. The smallest absolute Gasteiger partial charge is 0.273 e. The summed E-state index contributed by atoms with van der Waals surface area (Å²) in [6.45, 7) is 7.37. The number of hydrogen-bond donors (Lipinski definition) is 1. The Bertz CT molecular complexity index is 1110. The number of nitrogens with two attached hydrogens (primary N) is 1. The van der Waals surface area contributed by atoms with Gasteiger partial charge in [0.05, 0.1) is 12.4 Å². The van der Waals surface area contributed by atoms with Crippen LogP contribution in [0.4, 0.5) is 8.78 Å². The van der Waals surface area contributed by atoms with Crippen molar-refractivity contribution in [3.8, 4) is 22.9 Å². The Kier molecular flexibility index (Phi) is 7.03. The summed E-state index contributed by atoms with van der Waals surface area (Å²) in [5.74, 6) is 1.60. The quantitative estimate of drug-likeness (QED) is 0.476. The Morgan fingerprint density at radius 1 is 0.800 bits per heavy atom. The third kappa shape index (κ3) is 5.59. The predicted octanol–water partition coefficient (Wildman–Crippen LogP) is 4.88. The SMILES string of the molecule is NCCc1cnc(-c2ccc(F)cc2)o1.[C-]#[N+]Cc1cnc(-c2ccc(F)cc2)o1. The number of rotatable bonds is 5. The number of halogens is 2. The van der Waals surface area contributed by atoms with E-state index in [1.165, 1.54) is 30.5 Å². The molecule has 0 spiro atoms. The van der Waals surface area contributed by atoms with Crippen LogP contribution in [0.15, 0.2) is 69.8 Å². The molecule has 0 saturated heterocycles. The Morgan fingerprint density at radius 3 is 1.73 bits per heavy atom. The van der Waals surface area contributed by atoms with Gasteiger partial charge in [-0.1, -0.05) is 0 Å². The summed E-state index contributed by atoms with van der Waals surface area (Å²) in [5, 5.41) is 0. The molecular weight excluding hydrogens is 390 g/mol. The molecule has 4 rings (SSSR count). The molecule has 0 aliphatic rings. The van der Waals surface area contributed by atoms with Crippen LogP contribution in [-0.4, -0.2) is 16.5 Å². The molecular formula is C22H18F2N4O2. The second kappa shape index (κ2) is 10.1. The van der Waals surface area contributed by atoms with Gasteiger partial charge in [-0.2, -0.15) is 0 Å². The van der Waals surface area contributed by atoms with E-state index in [0.29, 0.717) is 36.1 Å². The van der Waals surface area contributed by atoms with Crippen LogP contribution in [0.1, 0.15) is 11.5 Å². The van der Waals surface area contributed by atoms with Gasteiger partial charge in [-0.25, -0.2) is 25.3 Å². The van der Waals surface area contributed by atoms with Crippen LogP contribution in [0, 0.1) is 18.2 Å². The molecule has 0 radical (unpaired) electrons. The highest BCUT2D eigenvalue weighted by atomic mass is 19.1. The van der Waals surface area contributed by atoms with Crippen LogP contribution in [0.3, 0.4) is 0 Å². The van der Waals surface area contributed by atoms with E-state index in [2.05, 4.69) is 14.8 Å². The lowest BCUT2D eigenvalue weighted by atomic mass is 10.2. The monoisotopic (exact) mass is 408 g/mol. The third-order valence-corrected chi connectivity index (χ3v) is 3.92. The van der Waals surface area contributed by atoms with Gasteiger partial charge in [0, 0.05) is 17.5 Å². The number of nitrogens with zero attached hydrogens (tertiary/aromatic N) is 3. The molecule has 30 heavy (non-hydrogen) atoms. The summed E-state index contributed by atoms with van der Waals surface area (Å²) in [7, 11) is 0. The summed E-state index contributed by atoms with van der Waals surface area (Å²) in [6, 6.07) is 11.9. The second-order valence-electron chi connectivity index (χ2n) is 6.13. The van der Waals surface area contributed by atoms with E-state index in [9.17, 15) is 8.78 Å². The van der Waals surface area contributed by atoms with Crippen LogP contribution in [-0.2, 0) is 13.0 Å². The molecule has 0 unspecified atom stereocenters. The normalized spacial score (nSPS) is 10.2. The van der Waals surface area contributed by atoms with Crippen molar-refractivity contribution in [2.24, 2.45) is 5.73 Å². The first kappa shape index (κ1) is 20.9. The van der Waals surface area contributed by atoms with Crippen LogP contribution >= 0.6 is 0 Å². The zero-order valence-corrected chi connectivity index (χ0v) is 15.9. The van der Waals surface area contributed by atoms with E-state index in [0.717, 1.165) is 11.3 Å². The summed E-state index contributed by atoms with van der Waals surface area (Å²) >= 11 is 0. The number of aromatic nitrogens is 2. The summed E-state index contributed by atoms with van der Waals surface area (Å²) < 4.78 is 36.0. The van der Waals surface area contributed by atoms with Gasteiger partial charge in [-0.05, 0) is 55.1 Å². The Hall–Kier alpha value is -3.83. The van der Waals surface area contributed by atoms with Gasteiger partial charge >= 0.3 is 0 Å². The Balaban J connectivity index is 0.000000171.